The van der Waals surface area contributed by atoms with E-state index in [1.165, 1.54) is 0 Å². The van der Waals surface area contributed by atoms with Gasteiger partial charge in [0.2, 0.25) is 0 Å². The van der Waals surface area contributed by atoms with Crippen LogP contribution in [0.1, 0.15) is 11.4 Å². The van der Waals surface area contributed by atoms with Gasteiger partial charge in [0.1, 0.15) is 5.52 Å². The topological polar surface area (TPSA) is 87.4 Å². The summed E-state index contributed by atoms with van der Waals surface area (Å²) in [7, 11) is 1.87. The van der Waals surface area contributed by atoms with Crippen molar-refractivity contribution in [3.63, 3.8) is 0 Å². The first-order valence-electron chi connectivity index (χ1n) is 5.54. The molecule has 0 unspecified atom stereocenters. The molecule has 2 N–H and O–H groups in total. The molecule has 0 saturated carbocycles. The van der Waals surface area contributed by atoms with Crippen molar-refractivity contribution >= 4 is 17.0 Å². The minimum Gasteiger partial charge on any atom is -0.382 e. The summed E-state index contributed by atoms with van der Waals surface area (Å²) < 4.78 is 3.49. The van der Waals surface area contributed by atoms with E-state index in [9.17, 15) is 0 Å². The Kier molecular flexibility index (Phi) is 2.09. The molecule has 0 radical (unpaired) electrons. The highest BCUT2D eigenvalue weighted by Crippen LogP contribution is 2.17. The van der Waals surface area contributed by atoms with Gasteiger partial charge in [-0.05, 0) is 19.9 Å². The van der Waals surface area contributed by atoms with Crippen molar-refractivity contribution in [3.05, 3.63) is 23.8 Å². The highest BCUT2D eigenvalue weighted by atomic mass is 15.4. The maximum Gasteiger partial charge on any atom is 0.254 e. The zero-order valence-electron chi connectivity index (χ0n) is 10.4. The van der Waals surface area contributed by atoms with Crippen LogP contribution in [0.3, 0.4) is 0 Å². The SMILES string of the molecule is Cc1cc(C)n(-c2nc(N)c3ncn(C)c3n2)n1. The van der Waals surface area contributed by atoms with Gasteiger partial charge in [-0.15, -0.1) is 0 Å². The number of aromatic nitrogens is 6. The molecule has 0 aromatic carbocycles. The summed E-state index contributed by atoms with van der Waals surface area (Å²) in [5, 5.41) is 4.35. The largest absolute Gasteiger partial charge is 0.382 e. The van der Waals surface area contributed by atoms with Crippen molar-refractivity contribution in [2.75, 3.05) is 5.73 Å². The van der Waals surface area contributed by atoms with Crippen LogP contribution in [0.2, 0.25) is 0 Å². The fourth-order valence-electron chi connectivity index (χ4n) is 1.94. The predicted molar refractivity (Wildman–Crippen MR) is 67.3 cm³/mol. The van der Waals surface area contributed by atoms with Crippen molar-refractivity contribution in [1.29, 1.82) is 0 Å². The van der Waals surface area contributed by atoms with Gasteiger partial charge in [0.05, 0.1) is 12.0 Å². The Balaban J connectivity index is 2.30. The molecule has 0 aliphatic carbocycles. The van der Waals surface area contributed by atoms with Crippen LogP contribution in [-0.4, -0.2) is 29.3 Å². The molecule has 0 saturated heterocycles. The highest BCUT2D eigenvalue weighted by molar-refractivity contribution is 5.82. The fourth-order valence-corrected chi connectivity index (χ4v) is 1.94. The van der Waals surface area contributed by atoms with Gasteiger partial charge in [0.25, 0.3) is 5.95 Å². The lowest BCUT2D eigenvalue weighted by Gasteiger charge is -2.04. The standard InChI is InChI=1S/C11H13N7/c1-6-4-7(2)18(16-6)11-14-9(12)8-10(15-11)17(3)5-13-8/h4-5H,1-3H3,(H2,12,14,15). The summed E-state index contributed by atoms with van der Waals surface area (Å²) in [4.78, 5) is 12.9. The lowest BCUT2D eigenvalue weighted by atomic mass is 10.4. The summed E-state index contributed by atoms with van der Waals surface area (Å²) in [6, 6.07) is 1.97. The number of fused-ring (bicyclic) bond motifs is 1. The molecular formula is C11H13N7. The number of rotatable bonds is 1. The van der Waals surface area contributed by atoms with Crippen molar-refractivity contribution < 1.29 is 0 Å². The van der Waals surface area contributed by atoms with Crippen LogP contribution in [0.5, 0.6) is 0 Å². The van der Waals surface area contributed by atoms with Gasteiger partial charge in [-0.25, -0.2) is 9.67 Å². The second kappa shape index (κ2) is 3.52. The molecule has 92 valence electrons. The zero-order valence-corrected chi connectivity index (χ0v) is 10.4. The first-order valence-corrected chi connectivity index (χ1v) is 5.54. The second-order valence-electron chi connectivity index (χ2n) is 4.28. The van der Waals surface area contributed by atoms with Gasteiger partial charge in [0, 0.05) is 12.7 Å². The summed E-state index contributed by atoms with van der Waals surface area (Å²) >= 11 is 0. The molecule has 0 atom stereocenters. The maximum atomic E-state index is 5.90. The highest BCUT2D eigenvalue weighted by Gasteiger charge is 2.13. The molecule has 3 aromatic heterocycles. The minimum absolute atomic E-state index is 0.364. The normalized spacial score (nSPS) is 11.3. The van der Waals surface area contributed by atoms with Crippen molar-refractivity contribution in [2.24, 2.45) is 7.05 Å². The Hall–Kier alpha value is -2.44. The van der Waals surface area contributed by atoms with Gasteiger partial charge in [-0.1, -0.05) is 0 Å². The van der Waals surface area contributed by atoms with Crippen LogP contribution in [0, 0.1) is 13.8 Å². The first-order chi connectivity index (χ1) is 8.56. The number of hydrogen-bond acceptors (Lipinski definition) is 5. The van der Waals surface area contributed by atoms with Crippen molar-refractivity contribution in [3.8, 4) is 5.95 Å². The number of imidazole rings is 1. The van der Waals surface area contributed by atoms with Crippen LogP contribution < -0.4 is 5.73 Å². The van der Waals surface area contributed by atoms with E-state index in [0.717, 1.165) is 11.4 Å². The number of nitrogens with zero attached hydrogens (tertiary/aromatic N) is 6. The minimum atomic E-state index is 0.364. The first kappa shape index (κ1) is 10.7. The molecule has 0 fully saturated rings. The van der Waals surface area contributed by atoms with E-state index < -0.39 is 0 Å². The second-order valence-corrected chi connectivity index (χ2v) is 4.28. The lowest BCUT2D eigenvalue weighted by molar-refractivity contribution is 0.776. The number of nitrogen functional groups attached to an aromatic ring is 1. The molecule has 0 bridgehead atoms. The van der Waals surface area contributed by atoms with Gasteiger partial charge in [0.15, 0.2) is 11.5 Å². The van der Waals surface area contributed by atoms with Crippen molar-refractivity contribution in [2.45, 2.75) is 13.8 Å². The van der Waals surface area contributed by atoms with Gasteiger partial charge < -0.3 is 10.3 Å². The van der Waals surface area contributed by atoms with E-state index in [4.69, 9.17) is 5.73 Å². The van der Waals surface area contributed by atoms with Crippen LogP contribution in [0.15, 0.2) is 12.4 Å². The third-order valence-corrected chi connectivity index (χ3v) is 2.77. The monoisotopic (exact) mass is 243 g/mol. The van der Waals surface area contributed by atoms with E-state index in [1.54, 1.807) is 11.0 Å². The molecule has 7 nitrogen and oxygen atoms in total. The van der Waals surface area contributed by atoms with Crippen LogP contribution in [0.4, 0.5) is 5.82 Å². The number of aryl methyl sites for hydroxylation is 3. The summed E-state index contributed by atoms with van der Waals surface area (Å²) in [5.74, 6) is 0.831. The fraction of sp³-hybridized carbons (Fsp3) is 0.273. The Morgan fingerprint density at radius 2 is 2.00 bits per heavy atom. The van der Waals surface area contributed by atoms with Gasteiger partial charge in [-0.3, -0.25) is 0 Å². The Bertz CT molecular complexity index is 737. The summed E-state index contributed by atoms with van der Waals surface area (Å²) in [5.41, 5.74) is 9.09. The molecule has 18 heavy (non-hydrogen) atoms. The van der Waals surface area contributed by atoms with Crippen LogP contribution in [0.25, 0.3) is 17.1 Å². The molecule has 0 spiro atoms. The molecule has 3 rings (SSSR count). The van der Waals surface area contributed by atoms with E-state index in [0.29, 0.717) is 22.9 Å². The predicted octanol–water partition coefficient (Wildman–Crippen LogP) is 0.748. The Labute approximate surface area is 103 Å². The molecule has 3 heterocycles. The van der Waals surface area contributed by atoms with Crippen LogP contribution in [-0.2, 0) is 7.05 Å². The average Bonchev–Trinajstić information content (AvgIpc) is 2.83. The zero-order chi connectivity index (χ0) is 12.9. The molecular weight excluding hydrogens is 230 g/mol. The van der Waals surface area contributed by atoms with E-state index in [-0.39, 0.29) is 0 Å². The van der Waals surface area contributed by atoms with Gasteiger partial charge >= 0.3 is 0 Å². The average molecular weight is 243 g/mol. The van der Waals surface area contributed by atoms with E-state index in [1.807, 2.05) is 31.5 Å². The maximum absolute atomic E-state index is 5.90. The van der Waals surface area contributed by atoms with Gasteiger partial charge in [-0.2, -0.15) is 15.1 Å². The van der Waals surface area contributed by atoms with E-state index >= 15 is 0 Å². The van der Waals surface area contributed by atoms with Crippen molar-refractivity contribution in [1.82, 2.24) is 29.3 Å². The Morgan fingerprint density at radius 1 is 1.22 bits per heavy atom. The molecule has 0 aliphatic rings. The number of nitrogens with two attached hydrogens (primary N) is 1. The molecule has 0 amide bonds. The number of hydrogen-bond donors (Lipinski definition) is 1. The molecule has 3 aromatic rings. The number of anilines is 1. The van der Waals surface area contributed by atoms with E-state index in [2.05, 4.69) is 20.1 Å². The lowest BCUT2D eigenvalue weighted by Crippen LogP contribution is -2.08. The van der Waals surface area contributed by atoms with Crippen LogP contribution >= 0.6 is 0 Å². The quantitative estimate of drug-likeness (QED) is 0.681. The summed E-state index contributed by atoms with van der Waals surface area (Å²) in [6.07, 6.45) is 1.67. The smallest absolute Gasteiger partial charge is 0.254 e. The Morgan fingerprint density at radius 3 is 2.67 bits per heavy atom. The summed E-state index contributed by atoms with van der Waals surface area (Å²) in [6.45, 7) is 3.88. The third-order valence-electron chi connectivity index (χ3n) is 2.77. The molecule has 0 aliphatic heterocycles. The molecule has 7 heteroatoms. The third kappa shape index (κ3) is 1.44.